The second-order valence-electron chi connectivity index (χ2n) is 7.27. The molecule has 2 rings (SSSR count). The summed E-state index contributed by atoms with van der Waals surface area (Å²) in [4.78, 5) is 0. The molecule has 0 bridgehead atoms. The van der Waals surface area contributed by atoms with Crippen LogP contribution in [0.15, 0.2) is 71.8 Å². The summed E-state index contributed by atoms with van der Waals surface area (Å²) in [5.41, 5.74) is 9.17. The first-order valence-corrected chi connectivity index (χ1v) is 9.08. The fourth-order valence-electron chi connectivity index (χ4n) is 3.01. The van der Waals surface area contributed by atoms with E-state index in [-0.39, 0.29) is 0 Å². The predicted octanol–water partition coefficient (Wildman–Crippen LogP) is 7.57. The lowest BCUT2D eigenvalue weighted by molar-refractivity contribution is 0.866. The Labute approximate surface area is 153 Å². The van der Waals surface area contributed by atoms with E-state index in [9.17, 15) is 0 Å². The monoisotopic (exact) mass is 330 g/mol. The number of rotatable bonds is 5. The van der Waals surface area contributed by atoms with Gasteiger partial charge < -0.3 is 0 Å². The zero-order chi connectivity index (χ0) is 18.4. The summed E-state index contributed by atoms with van der Waals surface area (Å²) in [5, 5.41) is 0. The molecule has 0 nitrogen and oxygen atoms in total. The van der Waals surface area contributed by atoms with Crippen molar-refractivity contribution < 1.29 is 0 Å². The number of hydrogen-bond donors (Lipinski definition) is 0. The van der Waals surface area contributed by atoms with Crippen LogP contribution in [0.25, 0.3) is 11.6 Å². The van der Waals surface area contributed by atoms with E-state index in [1.54, 1.807) is 0 Å². The largest absolute Gasteiger partial charge is 0.0683 e. The molecule has 0 aromatic heterocycles. The van der Waals surface area contributed by atoms with Crippen molar-refractivity contribution in [2.24, 2.45) is 0 Å². The third kappa shape index (κ3) is 5.32. The first kappa shape index (κ1) is 19.0. The third-order valence-electron chi connectivity index (χ3n) is 4.47. The molecule has 2 aromatic carbocycles. The molecule has 130 valence electrons. The highest BCUT2D eigenvalue weighted by Crippen LogP contribution is 2.27. The van der Waals surface area contributed by atoms with Crippen LogP contribution >= 0.6 is 0 Å². The van der Waals surface area contributed by atoms with Crippen LogP contribution in [0, 0.1) is 6.92 Å². The Kier molecular flexibility index (Phi) is 6.58. The fraction of sp³-hybridized carbons (Fsp3) is 0.280. The molecule has 25 heavy (non-hydrogen) atoms. The van der Waals surface area contributed by atoms with Crippen molar-refractivity contribution >= 4 is 11.6 Å². The van der Waals surface area contributed by atoms with Crippen LogP contribution in [0.2, 0.25) is 0 Å². The van der Waals surface area contributed by atoms with Gasteiger partial charge in [0.1, 0.15) is 0 Å². The van der Waals surface area contributed by atoms with E-state index in [0.29, 0.717) is 5.92 Å². The van der Waals surface area contributed by atoms with E-state index in [2.05, 4.69) is 108 Å². The third-order valence-corrected chi connectivity index (χ3v) is 4.47. The van der Waals surface area contributed by atoms with Gasteiger partial charge in [-0.1, -0.05) is 91.7 Å². The van der Waals surface area contributed by atoms with Crippen molar-refractivity contribution in [1.29, 1.82) is 0 Å². The lowest BCUT2D eigenvalue weighted by Crippen LogP contribution is -1.90. The molecule has 0 spiro atoms. The molecule has 0 unspecified atom stereocenters. The summed E-state index contributed by atoms with van der Waals surface area (Å²) in [7, 11) is 0. The van der Waals surface area contributed by atoms with E-state index < -0.39 is 0 Å². The van der Waals surface area contributed by atoms with Crippen LogP contribution < -0.4 is 0 Å². The normalized spacial score (nSPS) is 12.0. The minimum absolute atomic E-state index is 0.579. The van der Waals surface area contributed by atoms with E-state index in [1.165, 1.54) is 39.0 Å². The van der Waals surface area contributed by atoms with Crippen molar-refractivity contribution in [2.75, 3.05) is 0 Å². The van der Waals surface area contributed by atoms with Crippen LogP contribution in [-0.4, -0.2) is 0 Å². The first-order valence-electron chi connectivity index (χ1n) is 9.08. The van der Waals surface area contributed by atoms with Gasteiger partial charge in [0, 0.05) is 0 Å². The average Bonchev–Trinajstić information content (AvgIpc) is 2.57. The van der Waals surface area contributed by atoms with Crippen LogP contribution in [0.5, 0.6) is 0 Å². The van der Waals surface area contributed by atoms with Crippen LogP contribution in [0.1, 0.15) is 62.8 Å². The van der Waals surface area contributed by atoms with Crippen molar-refractivity contribution in [3.05, 3.63) is 94.1 Å². The Morgan fingerprint density at radius 3 is 1.96 bits per heavy atom. The highest BCUT2D eigenvalue weighted by atomic mass is 14.1. The lowest BCUT2D eigenvalue weighted by Gasteiger charge is -2.11. The van der Waals surface area contributed by atoms with Gasteiger partial charge >= 0.3 is 0 Å². The van der Waals surface area contributed by atoms with Crippen molar-refractivity contribution in [3.8, 4) is 0 Å². The van der Waals surface area contributed by atoms with E-state index in [1.807, 2.05) is 0 Å². The maximum absolute atomic E-state index is 2.23. The van der Waals surface area contributed by atoms with E-state index >= 15 is 0 Å². The van der Waals surface area contributed by atoms with Gasteiger partial charge in [0.2, 0.25) is 0 Å². The molecule has 0 amide bonds. The molecule has 0 atom stereocenters. The Morgan fingerprint density at radius 2 is 1.44 bits per heavy atom. The van der Waals surface area contributed by atoms with Crippen LogP contribution in [0.4, 0.5) is 0 Å². The first-order chi connectivity index (χ1) is 11.9. The van der Waals surface area contributed by atoms with Crippen LogP contribution in [-0.2, 0) is 0 Å². The van der Waals surface area contributed by atoms with E-state index in [4.69, 9.17) is 0 Å². The maximum Gasteiger partial charge on any atom is -0.0168 e. The van der Waals surface area contributed by atoms with Gasteiger partial charge in [-0.15, -0.1) is 0 Å². The van der Waals surface area contributed by atoms with Crippen LogP contribution in [0.3, 0.4) is 0 Å². The van der Waals surface area contributed by atoms with E-state index in [0.717, 1.165) is 0 Å². The van der Waals surface area contributed by atoms with Gasteiger partial charge in [-0.05, 0) is 61.4 Å². The SMILES string of the molecule is CC(C)=C(/C(C)=C/C=C/c1ccc(C(C)C)cc1)c1ccc(C)cc1. The molecule has 0 saturated heterocycles. The molecule has 0 aliphatic carbocycles. The zero-order valence-corrected chi connectivity index (χ0v) is 16.4. The van der Waals surface area contributed by atoms with Gasteiger partial charge in [-0.25, -0.2) is 0 Å². The molecule has 0 fully saturated rings. The molecule has 0 radical (unpaired) electrons. The molecular formula is C25H30. The van der Waals surface area contributed by atoms with Crippen molar-refractivity contribution in [1.82, 2.24) is 0 Å². The minimum Gasteiger partial charge on any atom is -0.0683 e. The quantitative estimate of drug-likeness (QED) is 0.496. The number of aryl methyl sites for hydroxylation is 1. The summed E-state index contributed by atoms with van der Waals surface area (Å²) in [6, 6.07) is 17.6. The maximum atomic E-state index is 2.23. The van der Waals surface area contributed by atoms with Gasteiger partial charge in [0.15, 0.2) is 0 Å². The molecule has 0 aliphatic heterocycles. The smallest absolute Gasteiger partial charge is 0.0168 e. The van der Waals surface area contributed by atoms with Crippen molar-refractivity contribution in [3.63, 3.8) is 0 Å². The summed E-state index contributed by atoms with van der Waals surface area (Å²) >= 11 is 0. The molecule has 0 saturated carbocycles. The van der Waals surface area contributed by atoms with Gasteiger partial charge in [-0.2, -0.15) is 0 Å². The Balaban J connectivity index is 2.20. The fourth-order valence-corrected chi connectivity index (χ4v) is 3.01. The summed E-state index contributed by atoms with van der Waals surface area (Å²) in [5.74, 6) is 0.579. The molecule has 0 heteroatoms. The van der Waals surface area contributed by atoms with Gasteiger partial charge in [0.05, 0.1) is 0 Å². The lowest BCUT2D eigenvalue weighted by atomic mass is 9.94. The molecular weight excluding hydrogens is 300 g/mol. The minimum atomic E-state index is 0.579. The predicted molar refractivity (Wildman–Crippen MR) is 113 cm³/mol. The second kappa shape index (κ2) is 8.67. The van der Waals surface area contributed by atoms with Gasteiger partial charge in [0.25, 0.3) is 0 Å². The second-order valence-corrected chi connectivity index (χ2v) is 7.27. The highest BCUT2D eigenvalue weighted by molar-refractivity contribution is 5.81. The molecule has 2 aromatic rings. The topological polar surface area (TPSA) is 0 Å². The Bertz CT molecular complexity index is 775. The summed E-state index contributed by atoms with van der Waals surface area (Å²) in [6.45, 7) is 13.1. The molecule has 0 heterocycles. The number of allylic oxidation sites excluding steroid dienone is 5. The average molecular weight is 331 g/mol. The Hall–Kier alpha value is -2.34. The number of hydrogen-bond acceptors (Lipinski definition) is 0. The zero-order valence-electron chi connectivity index (χ0n) is 16.4. The molecule has 0 aliphatic rings. The Morgan fingerprint density at radius 1 is 0.840 bits per heavy atom. The standard InChI is InChI=1S/C25H30/c1-18(2)23-16-12-22(13-17-23)9-7-8-21(6)25(19(3)4)24-14-10-20(5)11-15-24/h7-18H,1-6H3/b9-7+,21-8+. The van der Waals surface area contributed by atoms with Gasteiger partial charge in [-0.3, -0.25) is 0 Å². The summed E-state index contributed by atoms with van der Waals surface area (Å²) < 4.78 is 0. The summed E-state index contributed by atoms with van der Waals surface area (Å²) in [6.07, 6.45) is 6.53. The number of benzene rings is 2. The van der Waals surface area contributed by atoms with Crippen molar-refractivity contribution in [2.45, 2.75) is 47.5 Å². The molecule has 0 N–H and O–H groups in total. The highest BCUT2D eigenvalue weighted by Gasteiger charge is 2.05.